The SMILES string of the molecule is CCCCCCCCCCCCCCCCNC(=O)C(=NO)C(C)=NO. The summed E-state index contributed by atoms with van der Waals surface area (Å²) in [5.74, 6) is -0.516. The lowest BCUT2D eigenvalue weighted by Crippen LogP contribution is -2.35. The van der Waals surface area contributed by atoms with Crippen LogP contribution in [0.5, 0.6) is 0 Å². The summed E-state index contributed by atoms with van der Waals surface area (Å²) in [6.07, 6.45) is 18.1. The summed E-state index contributed by atoms with van der Waals surface area (Å²) in [5.41, 5.74) is -0.260. The van der Waals surface area contributed by atoms with Crippen LogP contribution >= 0.6 is 0 Å². The standard InChI is InChI=1S/C20H39N3O3/c1-3-4-5-6-7-8-9-10-11-12-13-14-15-16-17-21-20(24)19(23-26)18(2)22-25/h25-26H,3-17H2,1-2H3,(H,21,24). The van der Waals surface area contributed by atoms with Gasteiger partial charge in [-0.05, 0) is 13.3 Å². The fourth-order valence-electron chi connectivity index (χ4n) is 2.93. The van der Waals surface area contributed by atoms with Crippen LogP contribution < -0.4 is 5.32 Å². The molecule has 0 aromatic rings. The molecule has 26 heavy (non-hydrogen) atoms. The van der Waals surface area contributed by atoms with Crippen LogP contribution in [0.4, 0.5) is 0 Å². The van der Waals surface area contributed by atoms with E-state index in [4.69, 9.17) is 10.4 Å². The van der Waals surface area contributed by atoms with Gasteiger partial charge in [-0.1, -0.05) is 101 Å². The van der Waals surface area contributed by atoms with Crippen molar-refractivity contribution in [2.75, 3.05) is 6.54 Å². The molecule has 152 valence electrons. The van der Waals surface area contributed by atoms with Crippen LogP contribution in [0.25, 0.3) is 0 Å². The van der Waals surface area contributed by atoms with E-state index < -0.39 is 5.91 Å². The molecule has 0 aliphatic carbocycles. The first kappa shape index (κ1) is 24.4. The molecule has 6 nitrogen and oxygen atoms in total. The Hall–Kier alpha value is -1.59. The normalized spacial score (nSPS) is 12.4. The van der Waals surface area contributed by atoms with Crippen molar-refractivity contribution < 1.29 is 15.2 Å². The number of carbonyl (C=O) groups excluding carboxylic acids is 1. The van der Waals surface area contributed by atoms with Gasteiger partial charge in [0.2, 0.25) is 0 Å². The third-order valence-electron chi connectivity index (χ3n) is 4.62. The zero-order valence-corrected chi connectivity index (χ0v) is 16.8. The van der Waals surface area contributed by atoms with Crippen molar-refractivity contribution in [3.8, 4) is 0 Å². The van der Waals surface area contributed by atoms with E-state index in [-0.39, 0.29) is 11.4 Å². The lowest BCUT2D eigenvalue weighted by atomic mass is 10.0. The van der Waals surface area contributed by atoms with E-state index >= 15 is 0 Å². The fraction of sp³-hybridized carbons (Fsp3) is 0.850. The van der Waals surface area contributed by atoms with Gasteiger partial charge in [-0.25, -0.2) is 0 Å². The third-order valence-corrected chi connectivity index (χ3v) is 4.62. The molecule has 6 heteroatoms. The molecule has 0 aromatic heterocycles. The number of amides is 1. The van der Waals surface area contributed by atoms with Crippen molar-refractivity contribution in [2.45, 2.75) is 104 Å². The largest absolute Gasteiger partial charge is 0.411 e. The number of nitrogens with zero attached hydrogens (tertiary/aromatic N) is 2. The van der Waals surface area contributed by atoms with Crippen LogP contribution in [0.3, 0.4) is 0 Å². The first-order chi connectivity index (χ1) is 12.7. The Balaban J connectivity index is 3.38. The maximum atomic E-state index is 11.7. The van der Waals surface area contributed by atoms with Crippen LogP contribution in [-0.4, -0.2) is 34.3 Å². The first-order valence-corrected chi connectivity index (χ1v) is 10.4. The van der Waals surface area contributed by atoms with Crippen LogP contribution in [0.15, 0.2) is 10.3 Å². The number of hydrogen-bond acceptors (Lipinski definition) is 5. The number of nitrogens with one attached hydrogen (secondary N) is 1. The molecule has 0 heterocycles. The van der Waals surface area contributed by atoms with E-state index in [2.05, 4.69) is 22.6 Å². The lowest BCUT2D eigenvalue weighted by Gasteiger charge is -2.06. The first-order valence-electron chi connectivity index (χ1n) is 10.4. The molecule has 0 spiro atoms. The molecule has 0 aromatic carbocycles. The number of rotatable bonds is 17. The minimum atomic E-state index is -0.516. The molecule has 0 bridgehead atoms. The summed E-state index contributed by atoms with van der Waals surface area (Å²) in [4.78, 5) is 11.7. The van der Waals surface area contributed by atoms with Crippen LogP contribution in [-0.2, 0) is 4.79 Å². The summed E-state index contributed by atoms with van der Waals surface area (Å²) >= 11 is 0. The molecule has 0 rings (SSSR count). The second-order valence-corrected chi connectivity index (χ2v) is 6.99. The minimum Gasteiger partial charge on any atom is -0.411 e. The fourth-order valence-corrected chi connectivity index (χ4v) is 2.93. The smallest absolute Gasteiger partial charge is 0.275 e. The summed E-state index contributed by atoms with van der Waals surface area (Å²) in [6.45, 7) is 4.20. The van der Waals surface area contributed by atoms with Gasteiger partial charge in [0.15, 0.2) is 5.71 Å². The van der Waals surface area contributed by atoms with Crippen LogP contribution in [0.2, 0.25) is 0 Å². The summed E-state index contributed by atoms with van der Waals surface area (Å²) in [5, 5.41) is 25.8. The number of unbranched alkanes of at least 4 members (excludes halogenated alkanes) is 13. The van der Waals surface area contributed by atoms with Crippen molar-refractivity contribution in [1.82, 2.24) is 5.32 Å². The molecular formula is C20H39N3O3. The predicted molar refractivity (Wildman–Crippen MR) is 107 cm³/mol. The van der Waals surface area contributed by atoms with Gasteiger partial charge in [-0.2, -0.15) is 0 Å². The zero-order chi connectivity index (χ0) is 19.5. The van der Waals surface area contributed by atoms with Gasteiger partial charge in [0.25, 0.3) is 5.91 Å². The lowest BCUT2D eigenvalue weighted by molar-refractivity contribution is -0.114. The van der Waals surface area contributed by atoms with E-state index in [1.54, 1.807) is 0 Å². The minimum absolute atomic E-state index is 0.00837. The van der Waals surface area contributed by atoms with Gasteiger partial charge in [0.05, 0.1) is 0 Å². The molecule has 0 saturated heterocycles. The van der Waals surface area contributed by atoms with Gasteiger partial charge in [-0.15, -0.1) is 0 Å². The van der Waals surface area contributed by atoms with Gasteiger partial charge in [0, 0.05) is 6.54 Å². The molecule has 3 N–H and O–H groups in total. The Bertz CT molecular complexity index is 409. The maximum absolute atomic E-state index is 11.7. The van der Waals surface area contributed by atoms with E-state index in [1.165, 1.54) is 84.0 Å². The van der Waals surface area contributed by atoms with Gasteiger partial charge < -0.3 is 15.7 Å². The predicted octanol–water partition coefficient (Wildman–Crippen LogP) is 5.26. The van der Waals surface area contributed by atoms with Crippen molar-refractivity contribution in [1.29, 1.82) is 0 Å². The Morgan fingerprint density at radius 3 is 1.54 bits per heavy atom. The molecule has 0 fully saturated rings. The van der Waals surface area contributed by atoms with Crippen molar-refractivity contribution in [3.63, 3.8) is 0 Å². The molecule has 0 aliphatic heterocycles. The van der Waals surface area contributed by atoms with Crippen molar-refractivity contribution >= 4 is 17.3 Å². The molecule has 0 radical (unpaired) electrons. The Labute approximate surface area is 159 Å². The van der Waals surface area contributed by atoms with Gasteiger partial charge >= 0.3 is 0 Å². The highest BCUT2D eigenvalue weighted by atomic mass is 16.4. The maximum Gasteiger partial charge on any atom is 0.275 e. The Morgan fingerprint density at radius 1 is 0.731 bits per heavy atom. The summed E-state index contributed by atoms with van der Waals surface area (Å²) in [7, 11) is 0. The Kier molecular flexibility index (Phi) is 17.1. The Morgan fingerprint density at radius 2 is 1.15 bits per heavy atom. The molecular weight excluding hydrogens is 330 g/mol. The molecule has 0 saturated carbocycles. The summed E-state index contributed by atoms with van der Waals surface area (Å²) in [6, 6.07) is 0. The topological polar surface area (TPSA) is 94.3 Å². The average molecular weight is 370 g/mol. The number of oxime groups is 2. The highest BCUT2D eigenvalue weighted by Gasteiger charge is 2.15. The molecule has 0 aliphatic rings. The molecule has 0 atom stereocenters. The average Bonchev–Trinajstić information content (AvgIpc) is 2.65. The van der Waals surface area contributed by atoms with E-state index in [1.807, 2.05) is 0 Å². The monoisotopic (exact) mass is 369 g/mol. The van der Waals surface area contributed by atoms with E-state index in [0.29, 0.717) is 6.54 Å². The highest BCUT2D eigenvalue weighted by molar-refractivity contribution is 6.66. The highest BCUT2D eigenvalue weighted by Crippen LogP contribution is 2.12. The van der Waals surface area contributed by atoms with E-state index in [0.717, 1.165) is 12.8 Å². The third kappa shape index (κ3) is 13.7. The molecule has 1 amide bonds. The van der Waals surface area contributed by atoms with Crippen molar-refractivity contribution in [2.24, 2.45) is 10.3 Å². The second-order valence-electron chi connectivity index (χ2n) is 6.99. The zero-order valence-electron chi connectivity index (χ0n) is 16.8. The van der Waals surface area contributed by atoms with Gasteiger partial charge in [0.1, 0.15) is 5.71 Å². The quantitative estimate of drug-likeness (QED) is 0.141. The molecule has 0 unspecified atom stereocenters. The second kappa shape index (κ2) is 18.2. The van der Waals surface area contributed by atoms with Crippen LogP contribution in [0.1, 0.15) is 104 Å². The number of hydrogen-bond donors (Lipinski definition) is 3. The van der Waals surface area contributed by atoms with Crippen LogP contribution in [0, 0.1) is 0 Å². The van der Waals surface area contributed by atoms with Gasteiger partial charge in [-0.3, -0.25) is 4.79 Å². The van der Waals surface area contributed by atoms with E-state index in [9.17, 15) is 4.79 Å². The van der Waals surface area contributed by atoms with Crippen molar-refractivity contribution in [3.05, 3.63) is 0 Å². The number of carbonyl (C=O) groups is 1. The summed E-state index contributed by atoms with van der Waals surface area (Å²) < 4.78 is 0.